The van der Waals surface area contributed by atoms with Crippen molar-refractivity contribution in [2.24, 2.45) is 0 Å². The maximum Gasteiger partial charge on any atom is 0.294 e. The van der Waals surface area contributed by atoms with Crippen LogP contribution in [0, 0.1) is 0 Å². The van der Waals surface area contributed by atoms with Crippen molar-refractivity contribution in [3.63, 3.8) is 0 Å². The summed E-state index contributed by atoms with van der Waals surface area (Å²) < 4.78 is 32.6. The van der Waals surface area contributed by atoms with Crippen molar-refractivity contribution in [1.82, 2.24) is 0 Å². The van der Waals surface area contributed by atoms with Crippen LogP contribution in [0.1, 0.15) is 123 Å². The van der Waals surface area contributed by atoms with Gasteiger partial charge in [-0.05, 0) is 25.7 Å². The van der Waals surface area contributed by atoms with Crippen LogP contribution < -0.4 is 0 Å². The van der Waals surface area contributed by atoms with Crippen LogP contribution in [0.15, 0.2) is 0 Å². The Labute approximate surface area is 156 Å². The molecule has 152 valence electrons. The molecule has 25 heavy (non-hydrogen) atoms. The fraction of sp³-hybridized carbons (Fsp3) is 1.00. The first-order chi connectivity index (χ1) is 11.9. The van der Waals surface area contributed by atoms with E-state index in [1.807, 2.05) is 0 Å². The molecular weight excluding hydrogens is 336 g/mol. The molecule has 0 spiro atoms. The molecule has 0 aliphatic rings. The zero-order valence-corrected chi connectivity index (χ0v) is 17.5. The summed E-state index contributed by atoms with van der Waals surface area (Å²) in [4.78, 5) is -1.95. The summed E-state index contributed by atoms with van der Waals surface area (Å²) in [5.74, 6) is 0. The Balaban J connectivity index is 3.95. The first-order valence-electron chi connectivity index (χ1n) is 10.6. The van der Waals surface area contributed by atoms with Crippen LogP contribution in [0.25, 0.3) is 0 Å². The van der Waals surface area contributed by atoms with Crippen molar-refractivity contribution in [3.05, 3.63) is 0 Å². The zero-order valence-electron chi connectivity index (χ0n) is 16.6. The molecule has 1 atom stereocenters. The molecule has 2 N–H and O–H groups in total. The van der Waals surface area contributed by atoms with Crippen molar-refractivity contribution in [2.75, 3.05) is 0 Å². The Kier molecular flexibility index (Phi) is 14.9. The van der Waals surface area contributed by atoms with Gasteiger partial charge in [-0.15, -0.1) is 0 Å². The average molecular weight is 379 g/mol. The molecule has 0 aliphatic carbocycles. The third kappa shape index (κ3) is 12.8. The van der Waals surface area contributed by atoms with E-state index in [1.54, 1.807) is 0 Å². The molecule has 5 heteroatoms. The number of hydrogen-bond acceptors (Lipinski definition) is 3. The fourth-order valence-electron chi connectivity index (χ4n) is 3.28. The van der Waals surface area contributed by atoms with E-state index in [2.05, 4.69) is 13.8 Å². The Hall–Kier alpha value is -0.130. The van der Waals surface area contributed by atoms with E-state index >= 15 is 0 Å². The second-order valence-corrected chi connectivity index (χ2v) is 9.23. The molecule has 0 radical (unpaired) electrons. The molecule has 0 rings (SSSR count). The number of unbranched alkanes of at least 4 members (excludes halogenated alkanes) is 13. The van der Waals surface area contributed by atoms with Crippen LogP contribution in [0.4, 0.5) is 0 Å². The lowest BCUT2D eigenvalue weighted by molar-refractivity contribution is 0.0884. The summed E-state index contributed by atoms with van der Waals surface area (Å²) in [6.07, 6.45) is 16.6. The van der Waals surface area contributed by atoms with Gasteiger partial charge in [0, 0.05) is 0 Å². The third-order valence-corrected chi connectivity index (χ3v) is 6.44. The molecule has 0 aliphatic heterocycles. The molecule has 0 aromatic carbocycles. The van der Waals surface area contributed by atoms with Gasteiger partial charge in [-0.25, -0.2) is 0 Å². The Bertz CT molecular complexity index is 395. The minimum atomic E-state index is -4.41. The molecule has 0 bridgehead atoms. The Morgan fingerprint density at radius 3 is 1.16 bits per heavy atom. The molecule has 0 amide bonds. The molecule has 0 aromatic rings. The van der Waals surface area contributed by atoms with E-state index in [4.69, 9.17) is 0 Å². The van der Waals surface area contributed by atoms with E-state index in [0.29, 0.717) is 12.8 Å². The molecule has 1 unspecified atom stereocenters. The fourth-order valence-corrected chi connectivity index (χ4v) is 4.08. The van der Waals surface area contributed by atoms with Crippen molar-refractivity contribution < 1.29 is 18.1 Å². The Morgan fingerprint density at radius 1 is 0.600 bits per heavy atom. The van der Waals surface area contributed by atoms with Crippen LogP contribution in [0.2, 0.25) is 0 Å². The normalized spacial score (nSPS) is 14.6. The highest BCUT2D eigenvalue weighted by atomic mass is 32.2. The van der Waals surface area contributed by atoms with Gasteiger partial charge in [0.05, 0.1) is 0 Å². The summed E-state index contributed by atoms with van der Waals surface area (Å²) >= 11 is 0. The van der Waals surface area contributed by atoms with Gasteiger partial charge in [-0.3, -0.25) is 4.55 Å². The standard InChI is InChI=1S/C20H42O4S/c1-3-5-7-9-11-12-13-15-17-19-20(21,25(22,23)24)18-16-14-10-8-6-4-2/h21H,3-19H2,1-2H3,(H,22,23,24). The lowest BCUT2D eigenvalue weighted by atomic mass is 10.0. The highest BCUT2D eigenvalue weighted by Gasteiger charge is 2.39. The van der Waals surface area contributed by atoms with Crippen LogP contribution in [-0.2, 0) is 10.1 Å². The smallest absolute Gasteiger partial charge is 0.294 e. The van der Waals surface area contributed by atoms with Gasteiger partial charge in [-0.1, -0.05) is 97.3 Å². The largest absolute Gasteiger partial charge is 0.372 e. The lowest BCUT2D eigenvalue weighted by Gasteiger charge is -2.24. The van der Waals surface area contributed by atoms with E-state index in [0.717, 1.165) is 32.1 Å². The van der Waals surface area contributed by atoms with E-state index in [1.165, 1.54) is 51.4 Å². The molecular formula is C20H42O4S. The monoisotopic (exact) mass is 378 g/mol. The number of aliphatic hydroxyl groups is 1. The van der Waals surface area contributed by atoms with Crippen LogP contribution in [-0.4, -0.2) is 23.0 Å². The topological polar surface area (TPSA) is 74.6 Å². The molecule has 4 nitrogen and oxygen atoms in total. The van der Waals surface area contributed by atoms with Gasteiger partial charge < -0.3 is 5.11 Å². The van der Waals surface area contributed by atoms with Crippen molar-refractivity contribution >= 4 is 10.1 Å². The van der Waals surface area contributed by atoms with Gasteiger partial charge in [0.1, 0.15) is 0 Å². The SMILES string of the molecule is CCCCCCCCCCCC(O)(CCCCCCCC)S(=O)(=O)O. The Morgan fingerprint density at radius 2 is 0.880 bits per heavy atom. The van der Waals surface area contributed by atoms with Crippen LogP contribution >= 0.6 is 0 Å². The average Bonchev–Trinajstić information content (AvgIpc) is 2.55. The maximum atomic E-state index is 11.6. The van der Waals surface area contributed by atoms with Crippen molar-refractivity contribution in [3.8, 4) is 0 Å². The minimum absolute atomic E-state index is 0.148. The number of hydrogen-bond donors (Lipinski definition) is 2. The van der Waals surface area contributed by atoms with Crippen molar-refractivity contribution in [2.45, 2.75) is 128 Å². The third-order valence-electron chi connectivity index (χ3n) is 5.07. The molecule has 0 aromatic heterocycles. The summed E-state index contributed by atoms with van der Waals surface area (Å²) in [5.41, 5.74) is 0. The molecule has 0 heterocycles. The minimum Gasteiger partial charge on any atom is -0.372 e. The van der Waals surface area contributed by atoms with Gasteiger partial charge in [0.2, 0.25) is 0 Å². The van der Waals surface area contributed by atoms with E-state index in [9.17, 15) is 18.1 Å². The zero-order chi connectivity index (χ0) is 19.0. The lowest BCUT2D eigenvalue weighted by Crippen LogP contribution is -2.38. The van der Waals surface area contributed by atoms with Gasteiger partial charge in [0.15, 0.2) is 4.93 Å². The van der Waals surface area contributed by atoms with Crippen LogP contribution in [0.3, 0.4) is 0 Å². The van der Waals surface area contributed by atoms with E-state index in [-0.39, 0.29) is 12.8 Å². The first-order valence-corrected chi connectivity index (χ1v) is 12.0. The predicted molar refractivity (Wildman–Crippen MR) is 106 cm³/mol. The van der Waals surface area contributed by atoms with E-state index < -0.39 is 15.1 Å². The number of rotatable bonds is 18. The highest BCUT2D eigenvalue weighted by Crippen LogP contribution is 2.28. The van der Waals surface area contributed by atoms with Gasteiger partial charge >= 0.3 is 0 Å². The summed E-state index contributed by atoms with van der Waals surface area (Å²) in [5, 5.41) is 10.4. The second-order valence-electron chi connectivity index (χ2n) is 7.52. The second kappa shape index (κ2) is 15.0. The molecule has 0 saturated carbocycles. The van der Waals surface area contributed by atoms with Crippen LogP contribution in [0.5, 0.6) is 0 Å². The summed E-state index contributed by atoms with van der Waals surface area (Å²) in [6.45, 7) is 4.36. The van der Waals surface area contributed by atoms with Gasteiger partial charge in [-0.2, -0.15) is 8.42 Å². The molecule has 0 saturated heterocycles. The summed E-state index contributed by atoms with van der Waals surface area (Å²) in [7, 11) is -4.41. The predicted octanol–water partition coefficient (Wildman–Crippen LogP) is 6.23. The van der Waals surface area contributed by atoms with Gasteiger partial charge in [0.25, 0.3) is 10.1 Å². The molecule has 0 fully saturated rings. The first kappa shape index (κ1) is 24.9. The maximum absolute atomic E-state index is 11.6. The highest BCUT2D eigenvalue weighted by molar-refractivity contribution is 7.87. The quantitative estimate of drug-likeness (QED) is 0.219. The summed E-state index contributed by atoms with van der Waals surface area (Å²) in [6, 6.07) is 0. The van der Waals surface area contributed by atoms with Crippen molar-refractivity contribution in [1.29, 1.82) is 0 Å².